The van der Waals surface area contributed by atoms with Crippen molar-refractivity contribution in [3.8, 4) is 5.75 Å². The summed E-state index contributed by atoms with van der Waals surface area (Å²) in [6.45, 7) is 2.67. The molecule has 0 heterocycles. The molecule has 1 rings (SSSR count). The number of nitrogens with two attached hydrogens (primary N) is 2. The Labute approximate surface area is 99.2 Å². The van der Waals surface area contributed by atoms with E-state index in [0.717, 1.165) is 6.07 Å². The first-order valence-electron chi connectivity index (χ1n) is 4.35. The summed E-state index contributed by atoms with van der Waals surface area (Å²) in [4.78, 5) is -1.30. The van der Waals surface area contributed by atoms with Crippen LogP contribution < -0.4 is 10.3 Å². The molecule has 0 saturated carbocycles. The second kappa shape index (κ2) is 3.95. The monoisotopic (exact) mass is 280 g/mol. The largest absolute Gasteiger partial charge is 0.507 e. The van der Waals surface area contributed by atoms with E-state index in [0.29, 0.717) is 0 Å². The Morgan fingerprint density at radius 3 is 1.88 bits per heavy atom. The van der Waals surface area contributed by atoms with Crippen molar-refractivity contribution in [2.45, 2.75) is 23.6 Å². The van der Waals surface area contributed by atoms with Crippen molar-refractivity contribution in [3.63, 3.8) is 0 Å². The number of benzene rings is 1. The summed E-state index contributed by atoms with van der Waals surface area (Å²) < 4.78 is 45.2. The zero-order chi connectivity index (χ0) is 13.6. The van der Waals surface area contributed by atoms with Crippen LogP contribution >= 0.6 is 0 Å². The molecule has 9 heteroatoms. The predicted octanol–water partition coefficient (Wildman–Crippen LogP) is -0.696. The zero-order valence-electron chi connectivity index (χ0n) is 9.13. The van der Waals surface area contributed by atoms with Crippen molar-refractivity contribution < 1.29 is 21.9 Å². The maximum Gasteiger partial charge on any atom is 0.239 e. The molecular weight excluding hydrogens is 268 g/mol. The van der Waals surface area contributed by atoms with Crippen molar-refractivity contribution in [2.24, 2.45) is 10.3 Å². The summed E-state index contributed by atoms with van der Waals surface area (Å²) in [5.41, 5.74) is 0.0513. The smallest absolute Gasteiger partial charge is 0.239 e. The molecule has 0 spiro atoms. The molecule has 7 nitrogen and oxygen atoms in total. The van der Waals surface area contributed by atoms with E-state index < -0.39 is 29.8 Å². The van der Waals surface area contributed by atoms with E-state index in [2.05, 4.69) is 0 Å². The molecule has 0 aliphatic heterocycles. The van der Waals surface area contributed by atoms with Gasteiger partial charge in [0.05, 0.1) is 0 Å². The summed E-state index contributed by atoms with van der Waals surface area (Å²) in [5.74, 6) is -0.332. The van der Waals surface area contributed by atoms with E-state index in [9.17, 15) is 21.9 Å². The molecule has 1 aromatic rings. The van der Waals surface area contributed by atoms with E-state index >= 15 is 0 Å². The number of aryl methyl sites for hydroxylation is 1. The lowest BCUT2D eigenvalue weighted by Gasteiger charge is -2.12. The molecule has 0 unspecified atom stereocenters. The third-order valence-electron chi connectivity index (χ3n) is 2.23. The first kappa shape index (κ1) is 13.9. The number of rotatable bonds is 2. The van der Waals surface area contributed by atoms with Gasteiger partial charge in [0.25, 0.3) is 0 Å². The van der Waals surface area contributed by atoms with Crippen molar-refractivity contribution in [2.75, 3.05) is 0 Å². The van der Waals surface area contributed by atoms with Crippen molar-refractivity contribution in [1.82, 2.24) is 0 Å². The number of aromatic hydroxyl groups is 1. The molecule has 17 heavy (non-hydrogen) atoms. The zero-order valence-corrected chi connectivity index (χ0v) is 10.8. The first-order valence-corrected chi connectivity index (χ1v) is 7.44. The Bertz CT molecular complexity index is 676. The second-order valence-corrected chi connectivity index (χ2v) is 6.61. The maximum atomic E-state index is 11.3. The van der Waals surface area contributed by atoms with Gasteiger partial charge in [-0.15, -0.1) is 0 Å². The summed E-state index contributed by atoms with van der Waals surface area (Å²) in [6.07, 6.45) is 0. The molecule has 0 fully saturated rings. The maximum absolute atomic E-state index is 11.3. The minimum absolute atomic E-state index is 0.142. The van der Waals surface area contributed by atoms with Crippen LogP contribution in [0.5, 0.6) is 5.75 Å². The van der Waals surface area contributed by atoms with Crippen molar-refractivity contribution >= 4 is 20.0 Å². The molecule has 0 aliphatic rings. The fourth-order valence-corrected chi connectivity index (χ4v) is 3.80. The summed E-state index contributed by atoms with van der Waals surface area (Å²) in [6, 6.07) is 0.970. The molecular formula is C8H12N2O5S2. The van der Waals surface area contributed by atoms with Gasteiger partial charge in [-0.2, -0.15) is 0 Å². The van der Waals surface area contributed by atoms with Gasteiger partial charge < -0.3 is 5.11 Å². The number of sulfonamides is 2. The molecule has 0 aliphatic carbocycles. The SMILES string of the molecule is Cc1cc(S(N)(=O)=O)c(S(N)(=O)=O)c(C)c1O. The minimum atomic E-state index is -4.31. The third-order valence-corrected chi connectivity index (χ3v) is 4.39. The van der Waals surface area contributed by atoms with Crippen LogP contribution in [0, 0.1) is 13.8 Å². The van der Waals surface area contributed by atoms with Crippen LogP contribution in [0.3, 0.4) is 0 Å². The Morgan fingerprint density at radius 2 is 1.53 bits per heavy atom. The minimum Gasteiger partial charge on any atom is -0.507 e. The van der Waals surface area contributed by atoms with E-state index in [4.69, 9.17) is 10.3 Å². The number of phenolic OH excluding ortho intramolecular Hbond substituents is 1. The van der Waals surface area contributed by atoms with Crippen LogP contribution in [0.15, 0.2) is 15.9 Å². The highest BCUT2D eigenvalue weighted by Gasteiger charge is 2.26. The quantitative estimate of drug-likeness (QED) is 0.657. The summed E-state index contributed by atoms with van der Waals surface area (Å²) in [7, 11) is -8.55. The van der Waals surface area contributed by atoms with E-state index in [1.165, 1.54) is 13.8 Å². The average molecular weight is 280 g/mol. The third kappa shape index (κ3) is 2.57. The van der Waals surface area contributed by atoms with Gasteiger partial charge in [-0.1, -0.05) is 0 Å². The molecule has 1 aromatic carbocycles. The van der Waals surface area contributed by atoms with Gasteiger partial charge >= 0.3 is 0 Å². The molecule has 0 amide bonds. The van der Waals surface area contributed by atoms with Crippen LogP contribution in [0.4, 0.5) is 0 Å². The topological polar surface area (TPSA) is 141 Å². The van der Waals surface area contributed by atoms with E-state index in [1.54, 1.807) is 0 Å². The van der Waals surface area contributed by atoms with Crippen LogP contribution in [-0.2, 0) is 20.0 Å². The summed E-state index contributed by atoms with van der Waals surface area (Å²) in [5, 5.41) is 19.4. The number of hydrogen-bond donors (Lipinski definition) is 3. The Balaban J connectivity index is 3.98. The molecule has 0 bridgehead atoms. The normalized spacial score (nSPS) is 12.7. The van der Waals surface area contributed by atoms with Gasteiger partial charge in [0.2, 0.25) is 20.0 Å². The fourth-order valence-electron chi connectivity index (χ4n) is 1.48. The van der Waals surface area contributed by atoms with Crippen LogP contribution in [0.1, 0.15) is 11.1 Å². The molecule has 0 saturated heterocycles. The number of hydrogen-bond acceptors (Lipinski definition) is 5. The van der Waals surface area contributed by atoms with E-state index in [1.807, 2.05) is 0 Å². The van der Waals surface area contributed by atoms with Gasteiger partial charge in [0.15, 0.2) is 0 Å². The Morgan fingerprint density at radius 1 is 1.06 bits per heavy atom. The van der Waals surface area contributed by atoms with Gasteiger partial charge in [-0.25, -0.2) is 27.1 Å². The standard InChI is InChI=1S/C8H12N2O5S2/c1-4-3-6(16(9,12)13)8(17(10,14)15)5(2)7(4)11/h3,11H,1-2H3,(H2,9,12,13)(H2,10,14,15). The van der Waals surface area contributed by atoms with Gasteiger partial charge in [-0.3, -0.25) is 0 Å². The van der Waals surface area contributed by atoms with Gasteiger partial charge in [0.1, 0.15) is 15.5 Å². The lowest BCUT2D eigenvalue weighted by atomic mass is 10.1. The number of phenols is 1. The first-order chi connectivity index (χ1) is 7.46. The van der Waals surface area contributed by atoms with Crippen LogP contribution in [0.2, 0.25) is 0 Å². The lowest BCUT2D eigenvalue weighted by molar-refractivity contribution is 0.462. The average Bonchev–Trinajstić information content (AvgIpc) is 2.09. The lowest BCUT2D eigenvalue weighted by Crippen LogP contribution is -2.22. The highest BCUT2D eigenvalue weighted by molar-refractivity contribution is 7.92. The van der Waals surface area contributed by atoms with Gasteiger partial charge in [-0.05, 0) is 25.5 Å². The molecule has 96 valence electrons. The highest BCUT2D eigenvalue weighted by atomic mass is 32.2. The summed E-state index contributed by atoms with van der Waals surface area (Å²) >= 11 is 0. The van der Waals surface area contributed by atoms with Crippen LogP contribution in [-0.4, -0.2) is 21.9 Å². The Hall–Kier alpha value is -1.16. The molecule has 0 atom stereocenters. The molecule has 5 N–H and O–H groups in total. The van der Waals surface area contributed by atoms with Crippen LogP contribution in [0.25, 0.3) is 0 Å². The highest BCUT2D eigenvalue weighted by Crippen LogP contribution is 2.32. The Kier molecular flexibility index (Phi) is 3.23. The molecule has 0 aromatic heterocycles. The number of primary sulfonamides is 2. The molecule has 0 radical (unpaired) electrons. The predicted molar refractivity (Wildman–Crippen MR) is 60.3 cm³/mol. The van der Waals surface area contributed by atoms with Gasteiger partial charge in [0, 0.05) is 5.56 Å². The van der Waals surface area contributed by atoms with Crippen molar-refractivity contribution in [1.29, 1.82) is 0 Å². The second-order valence-electron chi connectivity index (χ2n) is 3.58. The van der Waals surface area contributed by atoms with E-state index in [-0.39, 0.29) is 16.9 Å². The fraction of sp³-hybridized carbons (Fsp3) is 0.250. The van der Waals surface area contributed by atoms with Crippen molar-refractivity contribution in [3.05, 3.63) is 17.2 Å².